The summed E-state index contributed by atoms with van der Waals surface area (Å²) in [5, 5.41) is 12.7. The van der Waals surface area contributed by atoms with Gasteiger partial charge in [-0.25, -0.2) is 9.97 Å². The Morgan fingerprint density at radius 2 is 2.06 bits per heavy atom. The summed E-state index contributed by atoms with van der Waals surface area (Å²) < 4.78 is 0. The van der Waals surface area contributed by atoms with E-state index in [9.17, 15) is 0 Å². The predicted octanol–water partition coefficient (Wildman–Crippen LogP) is 3.36. The summed E-state index contributed by atoms with van der Waals surface area (Å²) in [6.45, 7) is 3.72. The molecule has 1 N–H and O–H groups in total. The number of benzene rings is 1. The molecule has 5 heteroatoms. The summed E-state index contributed by atoms with van der Waals surface area (Å²) in [4.78, 5) is 8.01. The molecule has 2 rings (SSSR count). The van der Waals surface area contributed by atoms with E-state index in [1.165, 1.54) is 6.33 Å². The van der Waals surface area contributed by atoms with Crippen molar-refractivity contribution < 1.29 is 0 Å². The molecule has 18 heavy (non-hydrogen) atoms. The van der Waals surface area contributed by atoms with Gasteiger partial charge in [0.2, 0.25) is 0 Å². The first-order valence-corrected chi connectivity index (χ1v) is 5.75. The first-order chi connectivity index (χ1) is 8.63. The van der Waals surface area contributed by atoms with Crippen molar-refractivity contribution >= 4 is 23.1 Å². The van der Waals surface area contributed by atoms with Gasteiger partial charge < -0.3 is 5.32 Å². The molecule has 0 aliphatic heterocycles. The van der Waals surface area contributed by atoms with Crippen LogP contribution in [0.25, 0.3) is 0 Å². The molecule has 0 aliphatic carbocycles. The third-order valence-electron chi connectivity index (χ3n) is 2.66. The second-order valence-electron chi connectivity index (χ2n) is 3.87. The van der Waals surface area contributed by atoms with Gasteiger partial charge in [-0.15, -0.1) is 0 Å². The average Bonchev–Trinajstić information content (AvgIpc) is 2.35. The van der Waals surface area contributed by atoms with Gasteiger partial charge in [0.05, 0.1) is 11.3 Å². The van der Waals surface area contributed by atoms with Crippen molar-refractivity contribution in [2.24, 2.45) is 0 Å². The maximum atomic E-state index is 9.15. The molecular formula is C13H11ClN4. The van der Waals surface area contributed by atoms with E-state index in [2.05, 4.69) is 21.4 Å². The van der Waals surface area contributed by atoms with Crippen LogP contribution in [0.2, 0.25) is 5.15 Å². The highest BCUT2D eigenvalue weighted by molar-refractivity contribution is 6.30. The Kier molecular flexibility index (Phi) is 3.45. The van der Waals surface area contributed by atoms with E-state index in [1.54, 1.807) is 0 Å². The summed E-state index contributed by atoms with van der Waals surface area (Å²) in [5.74, 6) is 0.608. The zero-order valence-corrected chi connectivity index (χ0v) is 10.8. The minimum Gasteiger partial charge on any atom is -0.339 e. The molecule has 0 radical (unpaired) electrons. The first-order valence-electron chi connectivity index (χ1n) is 5.37. The van der Waals surface area contributed by atoms with Crippen LogP contribution in [0.1, 0.15) is 16.7 Å². The number of aromatic nitrogens is 2. The molecule has 0 spiro atoms. The molecule has 1 aromatic carbocycles. The number of aryl methyl sites for hydroxylation is 1. The summed E-state index contributed by atoms with van der Waals surface area (Å²) in [6.07, 6.45) is 1.39. The Balaban J connectivity index is 2.44. The minimum absolute atomic E-state index is 0.402. The standard InChI is InChI=1S/C13H11ClN4/c1-8-4-3-5-11(10(8)6-15)18-13-9(2)12(14)16-7-17-13/h3-5,7H,1-2H3,(H,16,17,18). The maximum Gasteiger partial charge on any atom is 0.138 e. The summed E-state index contributed by atoms with van der Waals surface area (Å²) in [5.41, 5.74) is 2.99. The molecule has 1 aromatic heterocycles. The van der Waals surface area contributed by atoms with E-state index in [0.29, 0.717) is 16.5 Å². The van der Waals surface area contributed by atoms with E-state index < -0.39 is 0 Å². The minimum atomic E-state index is 0.402. The topological polar surface area (TPSA) is 61.6 Å². The highest BCUT2D eigenvalue weighted by atomic mass is 35.5. The van der Waals surface area contributed by atoms with Crippen LogP contribution in [0, 0.1) is 25.2 Å². The van der Waals surface area contributed by atoms with Gasteiger partial charge in [0.1, 0.15) is 23.4 Å². The fraction of sp³-hybridized carbons (Fsp3) is 0.154. The first kappa shape index (κ1) is 12.3. The third-order valence-corrected chi connectivity index (χ3v) is 3.04. The van der Waals surface area contributed by atoms with Gasteiger partial charge in [-0.2, -0.15) is 5.26 Å². The molecule has 0 fully saturated rings. The largest absolute Gasteiger partial charge is 0.339 e. The zero-order valence-electron chi connectivity index (χ0n) is 10.0. The van der Waals surface area contributed by atoms with Gasteiger partial charge in [-0.1, -0.05) is 23.7 Å². The van der Waals surface area contributed by atoms with Crippen molar-refractivity contribution in [2.45, 2.75) is 13.8 Å². The monoisotopic (exact) mass is 258 g/mol. The van der Waals surface area contributed by atoms with Crippen molar-refractivity contribution in [1.82, 2.24) is 9.97 Å². The molecular weight excluding hydrogens is 248 g/mol. The summed E-state index contributed by atoms with van der Waals surface area (Å²) in [7, 11) is 0. The van der Waals surface area contributed by atoms with Crippen molar-refractivity contribution in [3.8, 4) is 6.07 Å². The second-order valence-corrected chi connectivity index (χ2v) is 4.23. The highest BCUT2D eigenvalue weighted by Gasteiger charge is 2.09. The third kappa shape index (κ3) is 2.27. The van der Waals surface area contributed by atoms with E-state index >= 15 is 0 Å². The summed E-state index contributed by atoms with van der Waals surface area (Å²) in [6, 6.07) is 7.79. The normalized spacial score (nSPS) is 9.89. The zero-order chi connectivity index (χ0) is 13.1. The van der Waals surface area contributed by atoms with Crippen LogP contribution in [0.5, 0.6) is 0 Å². The highest BCUT2D eigenvalue weighted by Crippen LogP contribution is 2.25. The van der Waals surface area contributed by atoms with Gasteiger partial charge in [-0.3, -0.25) is 0 Å². The maximum absolute atomic E-state index is 9.15. The number of halogens is 1. The molecule has 0 saturated heterocycles. The van der Waals surface area contributed by atoms with Crippen molar-refractivity contribution in [3.63, 3.8) is 0 Å². The van der Waals surface area contributed by atoms with Crippen LogP contribution in [0.3, 0.4) is 0 Å². The van der Waals surface area contributed by atoms with E-state index in [0.717, 1.165) is 16.8 Å². The van der Waals surface area contributed by atoms with Gasteiger partial charge in [0.25, 0.3) is 0 Å². The van der Waals surface area contributed by atoms with Gasteiger partial charge >= 0.3 is 0 Å². The van der Waals surface area contributed by atoms with E-state index in [1.807, 2.05) is 32.0 Å². The number of nitriles is 1. The van der Waals surface area contributed by atoms with Crippen molar-refractivity contribution in [3.05, 3.63) is 46.4 Å². The molecule has 0 amide bonds. The Labute approximate surface area is 110 Å². The number of nitrogens with one attached hydrogen (secondary N) is 1. The second kappa shape index (κ2) is 5.03. The van der Waals surface area contributed by atoms with Crippen LogP contribution in [0.4, 0.5) is 11.5 Å². The predicted molar refractivity (Wildman–Crippen MR) is 71.0 cm³/mol. The molecule has 2 aromatic rings. The lowest BCUT2D eigenvalue weighted by Crippen LogP contribution is -2.00. The Morgan fingerprint density at radius 3 is 2.78 bits per heavy atom. The molecule has 0 unspecified atom stereocenters. The lowest BCUT2D eigenvalue weighted by molar-refractivity contribution is 1.13. The van der Waals surface area contributed by atoms with Gasteiger partial charge in [-0.05, 0) is 25.5 Å². The van der Waals surface area contributed by atoms with Gasteiger partial charge in [0.15, 0.2) is 0 Å². The number of rotatable bonds is 2. The van der Waals surface area contributed by atoms with Crippen LogP contribution >= 0.6 is 11.6 Å². The molecule has 0 aliphatic rings. The molecule has 0 atom stereocenters. The van der Waals surface area contributed by atoms with Crippen LogP contribution in [-0.4, -0.2) is 9.97 Å². The number of hydrogen-bond donors (Lipinski definition) is 1. The smallest absolute Gasteiger partial charge is 0.138 e. The summed E-state index contributed by atoms with van der Waals surface area (Å²) >= 11 is 5.93. The Bertz CT molecular complexity index is 631. The van der Waals surface area contributed by atoms with E-state index in [-0.39, 0.29) is 0 Å². The molecule has 4 nitrogen and oxygen atoms in total. The fourth-order valence-electron chi connectivity index (χ4n) is 1.60. The van der Waals surface area contributed by atoms with Gasteiger partial charge in [0, 0.05) is 5.56 Å². The van der Waals surface area contributed by atoms with Crippen molar-refractivity contribution in [1.29, 1.82) is 5.26 Å². The Hall–Kier alpha value is -2.12. The molecule has 0 saturated carbocycles. The lowest BCUT2D eigenvalue weighted by Gasteiger charge is -2.11. The Morgan fingerprint density at radius 1 is 1.28 bits per heavy atom. The van der Waals surface area contributed by atoms with Crippen LogP contribution in [0.15, 0.2) is 24.5 Å². The molecule has 90 valence electrons. The number of anilines is 2. The molecule has 1 heterocycles. The average molecular weight is 259 g/mol. The van der Waals surface area contributed by atoms with Crippen LogP contribution < -0.4 is 5.32 Å². The SMILES string of the molecule is Cc1cccc(Nc2ncnc(Cl)c2C)c1C#N. The lowest BCUT2D eigenvalue weighted by atomic mass is 10.1. The quantitative estimate of drug-likeness (QED) is 0.839. The number of hydrogen-bond acceptors (Lipinski definition) is 4. The van der Waals surface area contributed by atoms with Crippen molar-refractivity contribution in [2.75, 3.05) is 5.32 Å². The van der Waals surface area contributed by atoms with E-state index in [4.69, 9.17) is 16.9 Å². The van der Waals surface area contributed by atoms with Crippen LogP contribution in [-0.2, 0) is 0 Å². The molecule has 0 bridgehead atoms. The number of nitrogens with zero attached hydrogens (tertiary/aromatic N) is 3. The fourth-order valence-corrected chi connectivity index (χ4v) is 1.74.